The van der Waals surface area contributed by atoms with Crippen LogP contribution in [0.15, 0.2) is 90.0 Å². The number of nitrogen functional groups attached to an aromatic ring is 1. The largest absolute Gasteiger partial charge is 0.436 e. The predicted octanol–water partition coefficient (Wildman–Crippen LogP) is 5.27. The normalized spacial score (nSPS) is 14.7. The molecule has 0 aliphatic carbocycles. The van der Waals surface area contributed by atoms with Gasteiger partial charge in [-0.05, 0) is 48.1 Å². The molecule has 1 atom stereocenters. The Hall–Kier alpha value is -4.12. The monoisotopic (exact) mass is 541 g/mol. The van der Waals surface area contributed by atoms with Gasteiger partial charge in [-0.3, -0.25) is 9.55 Å². The van der Waals surface area contributed by atoms with Gasteiger partial charge in [0.05, 0.1) is 10.5 Å². The van der Waals surface area contributed by atoms with Crippen LogP contribution in [0.2, 0.25) is 0 Å². The number of para-hydroxylation sites is 1. The van der Waals surface area contributed by atoms with Crippen molar-refractivity contribution >= 4 is 39.0 Å². The maximum atomic E-state index is 13.5. The number of anilines is 1. The van der Waals surface area contributed by atoms with E-state index in [1.165, 1.54) is 18.4 Å². The van der Waals surface area contributed by atoms with Crippen LogP contribution in [-0.4, -0.2) is 41.4 Å². The fraction of sp³-hybridized carbons (Fsp3) is 0.107. The molecule has 6 rings (SSSR count). The Morgan fingerprint density at radius 3 is 2.37 bits per heavy atom. The van der Waals surface area contributed by atoms with Crippen molar-refractivity contribution in [3.05, 3.63) is 107 Å². The molecule has 38 heavy (non-hydrogen) atoms. The lowest BCUT2D eigenvalue weighted by atomic mass is 9.83. The van der Waals surface area contributed by atoms with Gasteiger partial charge in [0.1, 0.15) is 11.3 Å². The summed E-state index contributed by atoms with van der Waals surface area (Å²) in [5, 5.41) is 0.456. The number of pyridine rings is 1. The summed E-state index contributed by atoms with van der Waals surface area (Å²) in [6.07, 6.45) is 1.61. The van der Waals surface area contributed by atoms with Gasteiger partial charge in [0.25, 0.3) is 0 Å². The molecule has 10 heteroatoms. The van der Waals surface area contributed by atoms with E-state index in [-0.39, 0.29) is 15.5 Å². The van der Waals surface area contributed by atoms with E-state index in [9.17, 15) is 8.42 Å². The molecule has 8 nitrogen and oxygen atoms in total. The van der Waals surface area contributed by atoms with Gasteiger partial charge in [-0.15, -0.1) is 0 Å². The van der Waals surface area contributed by atoms with Crippen molar-refractivity contribution in [2.45, 2.75) is 10.8 Å². The zero-order valence-corrected chi connectivity index (χ0v) is 22.2. The molecule has 0 amide bonds. The molecule has 3 aromatic carbocycles. The van der Waals surface area contributed by atoms with E-state index in [4.69, 9.17) is 22.7 Å². The number of ether oxygens (including phenoxy) is 1. The van der Waals surface area contributed by atoms with E-state index in [2.05, 4.69) is 9.97 Å². The second kappa shape index (κ2) is 9.02. The fourth-order valence-corrected chi connectivity index (χ4v) is 6.29. The van der Waals surface area contributed by atoms with Gasteiger partial charge in [-0.2, -0.15) is 4.98 Å². The second-order valence-electron chi connectivity index (χ2n) is 9.10. The molecule has 5 aromatic rings. The van der Waals surface area contributed by atoms with Crippen molar-refractivity contribution in [2.75, 3.05) is 19.8 Å². The topological polar surface area (TPSA) is 103 Å². The van der Waals surface area contributed by atoms with E-state index in [0.717, 1.165) is 11.3 Å². The Bertz CT molecular complexity index is 1870. The molecule has 1 aliphatic rings. The third kappa shape index (κ3) is 3.68. The first-order valence-electron chi connectivity index (χ1n) is 11.8. The molecule has 0 saturated heterocycles. The van der Waals surface area contributed by atoms with Gasteiger partial charge in [0, 0.05) is 42.8 Å². The summed E-state index contributed by atoms with van der Waals surface area (Å²) in [5.41, 5.74) is 10.1. The lowest BCUT2D eigenvalue weighted by molar-refractivity contribution is 0.434. The third-order valence-corrected chi connectivity index (χ3v) is 8.81. The first kappa shape index (κ1) is 24.2. The average molecular weight is 542 g/mol. The summed E-state index contributed by atoms with van der Waals surface area (Å²) < 4.78 is 36.5. The van der Waals surface area contributed by atoms with Crippen molar-refractivity contribution in [1.29, 1.82) is 0 Å². The van der Waals surface area contributed by atoms with Crippen molar-refractivity contribution in [1.82, 2.24) is 18.8 Å². The number of hydrogen-bond acceptors (Lipinski definition) is 7. The maximum absolute atomic E-state index is 13.5. The molecule has 0 saturated carbocycles. The Labute approximate surface area is 225 Å². The van der Waals surface area contributed by atoms with Crippen molar-refractivity contribution in [3.8, 4) is 17.3 Å². The SMILES string of the molecule is CN(C)S(=O)(=O)c1cc2c(c3ncccc13)Oc1nc(=S)n(-c3ccccc3)c(N)c1C2c1ccccc1. The van der Waals surface area contributed by atoms with Gasteiger partial charge in [-0.1, -0.05) is 48.5 Å². The van der Waals surface area contributed by atoms with Gasteiger partial charge in [0.15, 0.2) is 5.75 Å². The number of aromatic nitrogens is 3. The van der Waals surface area contributed by atoms with Crippen molar-refractivity contribution in [2.24, 2.45) is 0 Å². The zero-order chi connectivity index (χ0) is 26.6. The molecule has 2 N–H and O–H groups in total. The molecule has 0 spiro atoms. The van der Waals surface area contributed by atoms with Crippen LogP contribution in [-0.2, 0) is 10.0 Å². The summed E-state index contributed by atoms with van der Waals surface area (Å²) in [7, 11) is -0.805. The molecule has 3 heterocycles. The molecule has 1 aliphatic heterocycles. The van der Waals surface area contributed by atoms with Crippen LogP contribution in [0.3, 0.4) is 0 Å². The molecule has 0 bridgehead atoms. The fourth-order valence-electron chi connectivity index (χ4n) is 4.89. The van der Waals surface area contributed by atoms with Crippen LogP contribution >= 0.6 is 12.2 Å². The average Bonchev–Trinajstić information content (AvgIpc) is 2.92. The van der Waals surface area contributed by atoms with Crippen LogP contribution in [0, 0.1) is 4.77 Å². The van der Waals surface area contributed by atoms with Crippen LogP contribution in [0.25, 0.3) is 16.6 Å². The van der Waals surface area contributed by atoms with E-state index >= 15 is 0 Å². The van der Waals surface area contributed by atoms with E-state index in [1.54, 1.807) is 29.0 Å². The first-order chi connectivity index (χ1) is 18.3. The van der Waals surface area contributed by atoms with Gasteiger partial charge in [0.2, 0.25) is 20.7 Å². The highest BCUT2D eigenvalue weighted by Crippen LogP contribution is 2.52. The van der Waals surface area contributed by atoms with Gasteiger partial charge < -0.3 is 10.5 Å². The highest BCUT2D eigenvalue weighted by atomic mass is 32.2. The Balaban J connectivity index is 1.73. The van der Waals surface area contributed by atoms with E-state index in [1.807, 2.05) is 60.7 Å². The van der Waals surface area contributed by atoms with Crippen LogP contribution in [0.5, 0.6) is 11.6 Å². The molecule has 190 valence electrons. The second-order valence-corrected chi connectivity index (χ2v) is 11.6. The van der Waals surface area contributed by atoms with Crippen molar-refractivity contribution in [3.63, 3.8) is 0 Å². The standard InChI is InChI=1S/C28H23N5O3S2/c1-32(2)38(34,35)21-16-20-22(17-10-5-3-6-11-17)23-26(29)33(18-12-7-4-8-13-18)28(37)31-27(23)36-25(20)24-19(21)14-9-15-30-24/h3-16,22H,29H2,1-2H3. The molecule has 1 unspecified atom stereocenters. The molecular weight excluding hydrogens is 518 g/mol. The number of nitrogens with two attached hydrogens (primary N) is 1. The van der Waals surface area contributed by atoms with Crippen LogP contribution in [0.4, 0.5) is 5.82 Å². The minimum absolute atomic E-state index is 0.139. The molecule has 0 fully saturated rings. The van der Waals surface area contributed by atoms with E-state index in [0.29, 0.717) is 33.6 Å². The minimum Gasteiger partial charge on any atom is -0.436 e. The Kier molecular flexibility index (Phi) is 5.75. The molecule has 0 radical (unpaired) electrons. The third-order valence-electron chi connectivity index (χ3n) is 6.68. The Morgan fingerprint density at radius 2 is 1.68 bits per heavy atom. The first-order valence-corrected chi connectivity index (χ1v) is 13.7. The number of fused-ring (bicyclic) bond motifs is 4. The summed E-state index contributed by atoms with van der Waals surface area (Å²) >= 11 is 5.65. The minimum atomic E-state index is -3.82. The van der Waals surface area contributed by atoms with E-state index < -0.39 is 15.9 Å². The van der Waals surface area contributed by atoms with Crippen LogP contribution < -0.4 is 10.5 Å². The quantitative estimate of drug-likeness (QED) is 0.303. The maximum Gasteiger partial charge on any atom is 0.243 e. The number of hydrogen-bond donors (Lipinski definition) is 1. The summed E-state index contributed by atoms with van der Waals surface area (Å²) in [6, 6.07) is 24.3. The summed E-state index contributed by atoms with van der Waals surface area (Å²) in [4.78, 5) is 9.33. The number of nitrogens with zero attached hydrogens (tertiary/aromatic N) is 4. The zero-order valence-electron chi connectivity index (χ0n) is 20.6. The lowest BCUT2D eigenvalue weighted by Gasteiger charge is -2.31. The molecular formula is C28H23N5O3S2. The molecule has 2 aromatic heterocycles. The van der Waals surface area contributed by atoms with Gasteiger partial charge >= 0.3 is 0 Å². The number of benzene rings is 3. The predicted molar refractivity (Wildman–Crippen MR) is 149 cm³/mol. The summed E-state index contributed by atoms with van der Waals surface area (Å²) in [6.45, 7) is 0. The Morgan fingerprint density at radius 1 is 1.00 bits per heavy atom. The van der Waals surface area contributed by atoms with Crippen molar-refractivity contribution < 1.29 is 13.2 Å². The lowest BCUT2D eigenvalue weighted by Crippen LogP contribution is -2.24. The van der Waals surface area contributed by atoms with Gasteiger partial charge in [-0.25, -0.2) is 12.7 Å². The number of sulfonamides is 1. The van der Waals surface area contributed by atoms with Crippen LogP contribution in [0.1, 0.15) is 22.6 Å². The number of rotatable bonds is 4. The highest BCUT2D eigenvalue weighted by Gasteiger charge is 2.37. The smallest absolute Gasteiger partial charge is 0.243 e. The highest BCUT2D eigenvalue weighted by molar-refractivity contribution is 7.89. The summed E-state index contributed by atoms with van der Waals surface area (Å²) in [5.74, 6) is 0.578.